The molecule has 1 aromatic heterocycles. The number of alkyl halides is 3. The average Bonchev–Trinajstić information content (AvgIpc) is 2.24. The van der Waals surface area contributed by atoms with Crippen LogP contribution < -0.4 is 10.1 Å². The molecule has 0 radical (unpaired) electrons. The fourth-order valence-electron chi connectivity index (χ4n) is 0.959. The fourth-order valence-corrected chi connectivity index (χ4v) is 0.959. The molecule has 0 aliphatic carbocycles. The van der Waals surface area contributed by atoms with Gasteiger partial charge in [0, 0.05) is 12.7 Å². The van der Waals surface area contributed by atoms with Crippen LogP contribution in [-0.2, 0) is 6.18 Å². The van der Waals surface area contributed by atoms with Gasteiger partial charge < -0.3 is 10.1 Å². The molecule has 1 N–H and O–H groups in total. The monoisotopic (exact) mass is 235 g/mol. The Hall–Kier alpha value is -1.37. The summed E-state index contributed by atoms with van der Waals surface area (Å²) in [4.78, 5) is 6.84. The molecule has 90 valence electrons. The van der Waals surface area contributed by atoms with Crippen LogP contribution in [0.15, 0.2) is 12.3 Å². The van der Waals surface area contributed by atoms with E-state index in [1.807, 2.05) is 6.92 Å². The molecule has 0 fully saturated rings. The highest BCUT2D eigenvalue weighted by molar-refractivity contribution is 5.08. The summed E-state index contributed by atoms with van der Waals surface area (Å²) in [5, 5.41) is 2.96. The van der Waals surface area contributed by atoms with Crippen molar-refractivity contribution in [2.45, 2.75) is 13.1 Å². The van der Waals surface area contributed by atoms with Crippen molar-refractivity contribution in [2.75, 3.05) is 19.7 Å². The molecule has 0 aliphatic rings. The minimum absolute atomic E-state index is 0.231. The van der Waals surface area contributed by atoms with E-state index in [4.69, 9.17) is 4.74 Å². The molecule has 0 bridgehead atoms. The van der Waals surface area contributed by atoms with Crippen molar-refractivity contribution in [3.05, 3.63) is 18.0 Å². The normalized spacial score (nSPS) is 11.5. The van der Waals surface area contributed by atoms with Gasteiger partial charge in [-0.3, -0.25) is 0 Å². The van der Waals surface area contributed by atoms with Gasteiger partial charge in [0.2, 0.25) is 0 Å². The van der Waals surface area contributed by atoms with E-state index >= 15 is 0 Å². The Morgan fingerprint density at radius 2 is 2.19 bits per heavy atom. The zero-order chi connectivity index (χ0) is 12.0. The van der Waals surface area contributed by atoms with Gasteiger partial charge in [0.15, 0.2) is 5.69 Å². The zero-order valence-electron chi connectivity index (χ0n) is 8.71. The molecule has 0 saturated heterocycles. The Kier molecular flexibility index (Phi) is 4.48. The van der Waals surface area contributed by atoms with Gasteiger partial charge in [-0.15, -0.1) is 0 Å². The van der Waals surface area contributed by atoms with Crippen LogP contribution >= 0.6 is 0 Å². The number of nitrogens with one attached hydrogen (secondary N) is 1. The van der Waals surface area contributed by atoms with E-state index in [2.05, 4.69) is 15.3 Å². The third-order valence-corrected chi connectivity index (χ3v) is 1.68. The quantitative estimate of drug-likeness (QED) is 0.785. The lowest BCUT2D eigenvalue weighted by molar-refractivity contribution is -0.141. The molecule has 0 aliphatic heterocycles. The van der Waals surface area contributed by atoms with Crippen LogP contribution in [0.5, 0.6) is 6.01 Å². The van der Waals surface area contributed by atoms with Gasteiger partial charge in [0.05, 0.1) is 0 Å². The topological polar surface area (TPSA) is 47.0 Å². The van der Waals surface area contributed by atoms with Gasteiger partial charge in [0.25, 0.3) is 0 Å². The first kappa shape index (κ1) is 12.7. The van der Waals surface area contributed by atoms with Crippen molar-refractivity contribution in [1.29, 1.82) is 0 Å². The Morgan fingerprint density at radius 3 is 2.81 bits per heavy atom. The number of halogens is 3. The highest BCUT2D eigenvalue weighted by Crippen LogP contribution is 2.27. The lowest BCUT2D eigenvalue weighted by Crippen LogP contribution is -2.21. The second kappa shape index (κ2) is 5.64. The molecule has 0 atom stereocenters. The fraction of sp³-hybridized carbons (Fsp3) is 0.556. The van der Waals surface area contributed by atoms with Crippen LogP contribution in [0.3, 0.4) is 0 Å². The summed E-state index contributed by atoms with van der Waals surface area (Å²) in [7, 11) is 0. The lowest BCUT2D eigenvalue weighted by atomic mass is 10.4. The molecule has 0 saturated carbocycles. The second-order valence-corrected chi connectivity index (χ2v) is 2.92. The van der Waals surface area contributed by atoms with Crippen LogP contribution in [0.1, 0.15) is 12.6 Å². The molecule has 1 rings (SSSR count). The Balaban J connectivity index is 2.54. The largest absolute Gasteiger partial charge is 0.462 e. The maximum absolute atomic E-state index is 12.3. The van der Waals surface area contributed by atoms with Gasteiger partial charge >= 0.3 is 12.2 Å². The summed E-state index contributed by atoms with van der Waals surface area (Å²) < 4.78 is 41.7. The van der Waals surface area contributed by atoms with Crippen molar-refractivity contribution < 1.29 is 17.9 Å². The molecule has 4 nitrogen and oxygen atoms in total. The van der Waals surface area contributed by atoms with Gasteiger partial charge in [-0.25, -0.2) is 4.98 Å². The minimum atomic E-state index is -4.47. The van der Waals surface area contributed by atoms with E-state index in [0.29, 0.717) is 6.54 Å². The van der Waals surface area contributed by atoms with E-state index in [0.717, 1.165) is 18.8 Å². The molecule has 0 spiro atoms. The smallest absolute Gasteiger partial charge is 0.433 e. The summed E-state index contributed by atoms with van der Waals surface area (Å²) >= 11 is 0. The predicted molar refractivity (Wildman–Crippen MR) is 51.1 cm³/mol. The number of rotatable bonds is 5. The van der Waals surface area contributed by atoms with Crippen molar-refractivity contribution in [3.63, 3.8) is 0 Å². The summed E-state index contributed by atoms with van der Waals surface area (Å²) in [6, 6.07) is 0.546. The zero-order valence-corrected chi connectivity index (χ0v) is 8.71. The van der Waals surface area contributed by atoms with E-state index in [1.165, 1.54) is 0 Å². The molecule has 1 aromatic rings. The highest BCUT2D eigenvalue weighted by Gasteiger charge is 2.32. The van der Waals surface area contributed by atoms with E-state index in [1.54, 1.807) is 0 Å². The van der Waals surface area contributed by atoms with Crippen LogP contribution in [0.2, 0.25) is 0 Å². The van der Waals surface area contributed by atoms with E-state index < -0.39 is 11.9 Å². The van der Waals surface area contributed by atoms with Crippen molar-refractivity contribution in [2.24, 2.45) is 0 Å². The summed E-state index contributed by atoms with van der Waals surface area (Å²) in [6.45, 7) is 3.46. The minimum Gasteiger partial charge on any atom is -0.462 e. The van der Waals surface area contributed by atoms with Crippen molar-refractivity contribution in [1.82, 2.24) is 15.3 Å². The number of aromatic nitrogens is 2. The average molecular weight is 235 g/mol. The first-order valence-corrected chi connectivity index (χ1v) is 4.77. The molecule has 0 aromatic carbocycles. The van der Waals surface area contributed by atoms with Gasteiger partial charge in [0.1, 0.15) is 6.61 Å². The molecule has 0 unspecified atom stereocenters. The van der Waals surface area contributed by atoms with Gasteiger partial charge in [-0.1, -0.05) is 6.92 Å². The van der Waals surface area contributed by atoms with Crippen LogP contribution in [0.25, 0.3) is 0 Å². The SMILES string of the molecule is CCNCCOc1nccc(C(F)(F)F)n1. The highest BCUT2D eigenvalue weighted by atomic mass is 19.4. The number of hydrogen-bond acceptors (Lipinski definition) is 4. The van der Waals surface area contributed by atoms with Crippen molar-refractivity contribution >= 4 is 0 Å². The Bertz CT molecular complexity index is 330. The molecular formula is C9H12F3N3O. The summed E-state index contributed by atoms with van der Waals surface area (Å²) in [5.41, 5.74) is -0.999. The second-order valence-electron chi connectivity index (χ2n) is 2.92. The number of likely N-dealkylation sites (N-methyl/N-ethyl adjacent to an activating group) is 1. The van der Waals surface area contributed by atoms with E-state index in [9.17, 15) is 13.2 Å². The third kappa shape index (κ3) is 4.01. The summed E-state index contributed by atoms with van der Waals surface area (Å²) in [5.74, 6) is 0. The molecule has 7 heteroatoms. The first-order chi connectivity index (χ1) is 7.54. The number of nitrogens with zero attached hydrogens (tertiary/aromatic N) is 2. The van der Waals surface area contributed by atoms with Crippen LogP contribution in [0, 0.1) is 0 Å². The van der Waals surface area contributed by atoms with Crippen LogP contribution in [-0.4, -0.2) is 29.7 Å². The Labute approximate surface area is 90.9 Å². The summed E-state index contributed by atoms with van der Waals surface area (Å²) in [6.07, 6.45) is -3.44. The van der Waals surface area contributed by atoms with Crippen molar-refractivity contribution in [3.8, 4) is 6.01 Å². The number of ether oxygens (including phenoxy) is 1. The van der Waals surface area contributed by atoms with Gasteiger partial charge in [-0.2, -0.15) is 18.2 Å². The molecule has 1 heterocycles. The van der Waals surface area contributed by atoms with Gasteiger partial charge in [-0.05, 0) is 12.6 Å². The van der Waals surface area contributed by atoms with Crippen LogP contribution in [0.4, 0.5) is 13.2 Å². The maximum Gasteiger partial charge on any atom is 0.433 e. The molecular weight excluding hydrogens is 223 g/mol. The first-order valence-electron chi connectivity index (χ1n) is 4.77. The molecule has 0 amide bonds. The lowest BCUT2D eigenvalue weighted by Gasteiger charge is -2.07. The standard InChI is InChI=1S/C9H12F3N3O/c1-2-13-5-6-16-8-14-4-3-7(15-8)9(10,11)12/h3-4,13H,2,5-6H2,1H3. The third-order valence-electron chi connectivity index (χ3n) is 1.68. The predicted octanol–water partition coefficient (Wildman–Crippen LogP) is 1.48. The maximum atomic E-state index is 12.3. The number of hydrogen-bond donors (Lipinski definition) is 1. The van der Waals surface area contributed by atoms with E-state index in [-0.39, 0.29) is 12.6 Å². The Morgan fingerprint density at radius 1 is 1.44 bits per heavy atom. The molecule has 16 heavy (non-hydrogen) atoms.